The second kappa shape index (κ2) is 14.3. The number of rotatable bonds is 11. The molecule has 0 bridgehead atoms. The highest BCUT2D eigenvalue weighted by Gasteiger charge is 2.37. The van der Waals surface area contributed by atoms with Crippen molar-refractivity contribution in [2.75, 3.05) is 6.54 Å². The zero-order chi connectivity index (χ0) is 33.7. The number of aromatic amines is 1. The van der Waals surface area contributed by atoms with Crippen LogP contribution in [0.5, 0.6) is 5.75 Å². The van der Waals surface area contributed by atoms with E-state index in [9.17, 15) is 24.8 Å². The Morgan fingerprint density at radius 3 is 2.53 bits per heavy atom. The number of nitro groups is 1. The molecule has 2 heterocycles. The number of phenolic OH excluding ortho intramolecular Hbond substituents is 1. The van der Waals surface area contributed by atoms with Crippen LogP contribution < -0.4 is 22.2 Å². The lowest BCUT2D eigenvalue weighted by Crippen LogP contribution is -2.57. The molecule has 3 aromatic carbocycles. The molecule has 0 aliphatic carbocycles. The average molecular weight is 642 g/mol. The fourth-order valence-electron chi connectivity index (χ4n) is 6.11. The van der Waals surface area contributed by atoms with Crippen LogP contribution in [0, 0.1) is 24.0 Å². The predicted molar refractivity (Wildman–Crippen MR) is 177 cm³/mol. The Labute approximate surface area is 271 Å². The molecule has 246 valence electrons. The number of hydrogen-bond donors (Lipinski definition) is 6. The van der Waals surface area contributed by atoms with Crippen LogP contribution in [0.2, 0.25) is 0 Å². The van der Waals surface area contributed by atoms with E-state index in [0.29, 0.717) is 25.1 Å². The van der Waals surface area contributed by atoms with Crippen LogP contribution in [0.4, 0.5) is 0 Å². The Balaban J connectivity index is 1.39. The monoisotopic (exact) mass is 641 g/mol. The van der Waals surface area contributed by atoms with Gasteiger partial charge < -0.3 is 31.8 Å². The van der Waals surface area contributed by atoms with E-state index in [-0.39, 0.29) is 43.0 Å². The summed E-state index contributed by atoms with van der Waals surface area (Å²) in [5, 5.41) is 23.0. The summed E-state index contributed by atoms with van der Waals surface area (Å²) in [6, 6.07) is 16.2. The van der Waals surface area contributed by atoms with E-state index < -0.39 is 23.2 Å². The first-order valence-corrected chi connectivity index (χ1v) is 15.4. The van der Waals surface area contributed by atoms with Crippen LogP contribution in [0.15, 0.2) is 65.7 Å². The summed E-state index contributed by atoms with van der Waals surface area (Å²) in [5.74, 6) is -0.349. The third kappa shape index (κ3) is 7.84. The molecule has 0 fully saturated rings. The lowest BCUT2D eigenvalue weighted by molar-refractivity contribution is -0.525. The molecular weight excluding hydrogens is 602 g/mol. The van der Waals surface area contributed by atoms with Crippen LogP contribution in [0.25, 0.3) is 11.0 Å². The summed E-state index contributed by atoms with van der Waals surface area (Å²) in [6.07, 6.45) is 1.36. The number of aromatic hydroxyl groups is 1. The van der Waals surface area contributed by atoms with Gasteiger partial charge in [0.15, 0.2) is 5.03 Å². The van der Waals surface area contributed by atoms with E-state index in [1.54, 1.807) is 17.0 Å². The van der Waals surface area contributed by atoms with Gasteiger partial charge in [-0.3, -0.25) is 9.59 Å². The molecular formula is C33H39N9O5. The maximum Gasteiger partial charge on any atom is 0.251 e. The van der Waals surface area contributed by atoms with Gasteiger partial charge in [0.1, 0.15) is 17.6 Å². The smallest absolute Gasteiger partial charge is 0.251 e. The fourth-order valence-corrected chi connectivity index (χ4v) is 6.11. The Morgan fingerprint density at radius 2 is 1.83 bits per heavy atom. The van der Waals surface area contributed by atoms with E-state index in [2.05, 4.69) is 15.3 Å². The molecule has 0 saturated heterocycles. The van der Waals surface area contributed by atoms with Crippen LogP contribution in [0.3, 0.4) is 0 Å². The summed E-state index contributed by atoms with van der Waals surface area (Å²) in [4.78, 5) is 52.4. The molecule has 0 radical (unpaired) electrons. The molecule has 0 saturated carbocycles. The van der Waals surface area contributed by atoms with Gasteiger partial charge >= 0.3 is 0 Å². The van der Waals surface area contributed by atoms with Crippen molar-refractivity contribution >= 4 is 28.8 Å². The van der Waals surface area contributed by atoms with Gasteiger partial charge in [-0.05, 0) is 85.2 Å². The first-order chi connectivity index (χ1) is 22.5. The van der Waals surface area contributed by atoms with Gasteiger partial charge in [-0.25, -0.2) is 20.1 Å². The van der Waals surface area contributed by atoms with Crippen molar-refractivity contribution in [1.29, 1.82) is 0 Å². The molecule has 1 aromatic heterocycles. The van der Waals surface area contributed by atoms with Gasteiger partial charge in [0, 0.05) is 19.5 Å². The third-order valence-corrected chi connectivity index (χ3v) is 8.45. The molecule has 0 spiro atoms. The Hall–Kier alpha value is -5.50. The molecule has 14 nitrogen and oxygen atoms in total. The first-order valence-electron chi connectivity index (χ1n) is 15.4. The quantitative estimate of drug-likeness (QED) is 0.0465. The van der Waals surface area contributed by atoms with Crippen molar-refractivity contribution in [3.63, 3.8) is 0 Å². The first kappa shape index (κ1) is 32.9. The number of hydrazine groups is 1. The van der Waals surface area contributed by atoms with Crippen molar-refractivity contribution in [2.45, 2.75) is 64.2 Å². The van der Waals surface area contributed by atoms with E-state index in [4.69, 9.17) is 16.5 Å². The molecule has 47 heavy (non-hydrogen) atoms. The van der Waals surface area contributed by atoms with E-state index in [0.717, 1.165) is 38.9 Å². The lowest BCUT2D eigenvalue weighted by Gasteiger charge is -2.38. The molecule has 3 atom stereocenters. The number of amides is 2. The molecule has 14 heteroatoms. The number of nitrogens with zero attached hydrogens (tertiary/aromatic N) is 4. The van der Waals surface area contributed by atoms with Crippen molar-refractivity contribution in [1.82, 2.24) is 25.6 Å². The number of fused-ring (bicyclic) bond motifs is 2. The number of phenols is 1. The van der Waals surface area contributed by atoms with E-state index >= 15 is 0 Å². The highest BCUT2D eigenvalue weighted by Crippen LogP contribution is 2.28. The number of aromatic nitrogens is 2. The molecule has 1 aliphatic rings. The Bertz CT molecular complexity index is 1770. The number of imidazole rings is 1. The average Bonchev–Trinajstić information content (AvgIpc) is 3.47. The number of carbonyl (C=O) groups is 2. The topological polar surface area (TPSA) is 218 Å². The minimum absolute atomic E-state index is 0.149. The summed E-state index contributed by atoms with van der Waals surface area (Å²) in [6.45, 7) is 4.12. The number of H-pyrrole nitrogens is 1. The lowest BCUT2D eigenvalue weighted by atomic mass is 9.91. The number of hydrogen-bond acceptors (Lipinski definition) is 8. The van der Waals surface area contributed by atoms with Gasteiger partial charge in [-0.2, -0.15) is 0 Å². The van der Waals surface area contributed by atoms with Crippen LogP contribution in [-0.4, -0.2) is 61.4 Å². The van der Waals surface area contributed by atoms with Gasteiger partial charge in [-0.15, -0.1) is 0 Å². The molecule has 8 N–H and O–H groups in total. The summed E-state index contributed by atoms with van der Waals surface area (Å²) < 4.78 is 0. The minimum Gasteiger partial charge on any atom is -0.508 e. The number of nitrogens with one attached hydrogen (secondary N) is 3. The van der Waals surface area contributed by atoms with Gasteiger partial charge in [0.2, 0.25) is 11.8 Å². The molecule has 1 aliphatic heterocycles. The maximum absolute atomic E-state index is 14.2. The van der Waals surface area contributed by atoms with Crippen LogP contribution in [0.1, 0.15) is 52.5 Å². The number of guanidine groups is 1. The highest BCUT2D eigenvalue weighted by molar-refractivity contribution is 5.91. The molecule has 4 aromatic rings. The van der Waals surface area contributed by atoms with Crippen molar-refractivity contribution in [3.05, 3.63) is 104 Å². The van der Waals surface area contributed by atoms with E-state index in [1.165, 1.54) is 0 Å². The zero-order valence-electron chi connectivity index (χ0n) is 26.3. The Kier molecular flexibility index (Phi) is 10.00. The number of benzene rings is 3. The predicted octanol–water partition coefficient (Wildman–Crippen LogP) is 2.44. The second-order valence-corrected chi connectivity index (χ2v) is 11.8. The van der Waals surface area contributed by atoms with Crippen LogP contribution >= 0.6 is 0 Å². The maximum atomic E-state index is 14.2. The fraction of sp³-hybridized carbons (Fsp3) is 0.333. The van der Waals surface area contributed by atoms with Crippen molar-refractivity contribution in [2.24, 2.45) is 16.5 Å². The molecule has 5 rings (SSSR count). The number of para-hydroxylation sites is 2. The van der Waals surface area contributed by atoms with Crippen molar-refractivity contribution in [3.8, 4) is 5.75 Å². The summed E-state index contributed by atoms with van der Waals surface area (Å²) in [5.41, 5.74) is 19.9. The van der Waals surface area contributed by atoms with Crippen LogP contribution in [-0.2, 0) is 29.0 Å². The number of nitrogens with two attached hydrogens (primary N) is 2. The van der Waals surface area contributed by atoms with Crippen molar-refractivity contribution < 1.29 is 19.7 Å². The van der Waals surface area contributed by atoms with Gasteiger partial charge in [0.05, 0.1) is 23.1 Å². The normalized spacial score (nSPS) is 15.9. The minimum atomic E-state index is -0.917. The van der Waals surface area contributed by atoms with Gasteiger partial charge in [-0.1, -0.05) is 41.8 Å². The summed E-state index contributed by atoms with van der Waals surface area (Å²) in [7, 11) is 0. The standard InChI is InChI=1S/C33H39N9O5/c1-19-14-23(43)15-20(2)24(19)17-25(34)32(45)41-18-22-9-4-3-8-21(22)16-29(41)31(44)39-28(12-7-13-36-33(35)40-42(46)47)30-37-26-10-5-6-11-27(26)38-30/h3-6,8-11,14-15,25,28-29,43H,7,12-13,16-18,34H2,1-2H3,(H,37,38)(H,39,44)(H3,35,36,40)/t25-,28-,29-/m0/s1. The third-order valence-electron chi connectivity index (χ3n) is 8.45. The summed E-state index contributed by atoms with van der Waals surface area (Å²) >= 11 is 0. The SMILES string of the molecule is Cc1cc(O)cc(C)c1C[C@H](N)C(=O)N1Cc2ccccc2C[C@H]1C(=O)N[C@@H](CCCN=C(N)N[N+](=O)[O-])c1nc2ccccc2[nH]1. The highest BCUT2D eigenvalue weighted by atomic mass is 16.7. The Morgan fingerprint density at radius 1 is 1.15 bits per heavy atom. The zero-order valence-corrected chi connectivity index (χ0v) is 26.3. The number of aliphatic imine (C=N–C) groups is 1. The number of carbonyl (C=O) groups excluding carboxylic acids is 2. The van der Waals surface area contributed by atoms with Gasteiger partial charge in [0.25, 0.3) is 5.96 Å². The largest absolute Gasteiger partial charge is 0.508 e. The molecule has 0 unspecified atom stereocenters. The second-order valence-electron chi connectivity index (χ2n) is 11.8. The molecule has 2 amide bonds. The number of aryl methyl sites for hydroxylation is 2. The van der Waals surface area contributed by atoms with E-state index in [1.807, 2.05) is 67.8 Å².